The predicted octanol–water partition coefficient (Wildman–Crippen LogP) is 2.44. The number of aliphatic imine (C=N–C) groups is 1. The SMILES string of the molecule is CN=C/C=C\c1cccc(NC)c1. The number of benzene rings is 1. The summed E-state index contributed by atoms with van der Waals surface area (Å²) in [6, 6.07) is 8.20. The van der Waals surface area contributed by atoms with E-state index in [2.05, 4.69) is 22.4 Å². The van der Waals surface area contributed by atoms with Gasteiger partial charge in [-0.25, -0.2) is 0 Å². The van der Waals surface area contributed by atoms with Gasteiger partial charge in [0.1, 0.15) is 0 Å². The number of hydrogen-bond donors (Lipinski definition) is 1. The maximum Gasteiger partial charge on any atom is 0.0343 e. The van der Waals surface area contributed by atoms with Gasteiger partial charge in [0.05, 0.1) is 0 Å². The fourth-order valence-electron chi connectivity index (χ4n) is 1.04. The molecule has 1 aromatic carbocycles. The Morgan fingerprint density at radius 1 is 1.38 bits per heavy atom. The molecule has 2 heteroatoms. The number of nitrogens with zero attached hydrogens (tertiary/aromatic N) is 1. The first-order chi connectivity index (χ1) is 6.36. The normalized spacial score (nSPS) is 11.2. The molecule has 1 aromatic rings. The van der Waals surface area contributed by atoms with Crippen LogP contribution >= 0.6 is 0 Å². The molecule has 2 nitrogen and oxygen atoms in total. The third kappa shape index (κ3) is 3.11. The van der Waals surface area contributed by atoms with Crippen molar-refractivity contribution in [2.24, 2.45) is 4.99 Å². The predicted molar refractivity (Wildman–Crippen MR) is 59.4 cm³/mol. The molecule has 0 radical (unpaired) electrons. The highest BCUT2D eigenvalue weighted by Crippen LogP contribution is 2.10. The van der Waals surface area contributed by atoms with Crippen molar-refractivity contribution in [2.75, 3.05) is 19.4 Å². The average molecular weight is 174 g/mol. The van der Waals surface area contributed by atoms with Crippen molar-refractivity contribution in [3.8, 4) is 0 Å². The van der Waals surface area contributed by atoms with Gasteiger partial charge in [-0.1, -0.05) is 18.2 Å². The monoisotopic (exact) mass is 174 g/mol. The van der Waals surface area contributed by atoms with Crippen LogP contribution in [0.2, 0.25) is 0 Å². The van der Waals surface area contributed by atoms with Crippen molar-refractivity contribution in [1.29, 1.82) is 0 Å². The van der Waals surface area contributed by atoms with Crippen molar-refractivity contribution < 1.29 is 0 Å². The molecule has 1 rings (SSSR count). The Balaban J connectivity index is 2.77. The lowest BCUT2D eigenvalue weighted by molar-refractivity contribution is 1.48. The van der Waals surface area contributed by atoms with Gasteiger partial charge in [-0.15, -0.1) is 0 Å². The summed E-state index contributed by atoms with van der Waals surface area (Å²) in [6.45, 7) is 0. The largest absolute Gasteiger partial charge is 0.388 e. The minimum absolute atomic E-state index is 1.12. The zero-order valence-corrected chi connectivity index (χ0v) is 7.99. The van der Waals surface area contributed by atoms with Gasteiger partial charge in [-0.05, 0) is 23.8 Å². The van der Waals surface area contributed by atoms with Gasteiger partial charge in [-0.3, -0.25) is 4.99 Å². The Morgan fingerprint density at radius 3 is 2.92 bits per heavy atom. The van der Waals surface area contributed by atoms with E-state index in [0.29, 0.717) is 0 Å². The van der Waals surface area contributed by atoms with E-state index in [1.54, 1.807) is 13.3 Å². The van der Waals surface area contributed by atoms with Crippen LogP contribution in [0.15, 0.2) is 35.3 Å². The molecule has 0 atom stereocenters. The molecule has 0 saturated heterocycles. The molecule has 0 aromatic heterocycles. The zero-order valence-electron chi connectivity index (χ0n) is 7.99. The summed E-state index contributed by atoms with van der Waals surface area (Å²) in [6.07, 6.45) is 5.72. The highest BCUT2D eigenvalue weighted by molar-refractivity contribution is 5.78. The number of hydrogen-bond acceptors (Lipinski definition) is 2. The molecule has 68 valence electrons. The number of allylic oxidation sites excluding steroid dienone is 1. The first-order valence-corrected chi connectivity index (χ1v) is 4.23. The fraction of sp³-hybridized carbons (Fsp3) is 0.182. The second-order valence-corrected chi connectivity index (χ2v) is 2.64. The van der Waals surface area contributed by atoms with E-state index in [0.717, 1.165) is 5.69 Å². The highest BCUT2D eigenvalue weighted by atomic mass is 14.8. The van der Waals surface area contributed by atoms with E-state index in [9.17, 15) is 0 Å². The van der Waals surface area contributed by atoms with Crippen molar-refractivity contribution in [3.05, 3.63) is 35.9 Å². The molecule has 0 aliphatic carbocycles. The quantitative estimate of drug-likeness (QED) is 0.699. The van der Waals surface area contributed by atoms with E-state index in [4.69, 9.17) is 0 Å². The Bertz CT molecular complexity index is 314. The third-order valence-electron chi connectivity index (χ3n) is 1.70. The summed E-state index contributed by atoms with van der Waals surface area (Å²) >= 11 is 0. The van der Waals surface area contributed by atoms with Gasteiger partial charge >= 0.3 is 0 Å². The van der Waals surface area contributed by atoms with Crippen molar-refractivity contribution in [1.82, 2.24) is 0 Å². The van der Waals surface area contributed by atoms with Gasteiger partial charge in [0, 0.05) is 26.0 Å². The third-order valence-corrected chi connectivity index (χ3v) is 1.70. The highest BCUT2D eigenvalue weighted by Gasteiger charge is 1.88. The number of rotatable bonds is 3. The molecule has 1 N–H and O–H groups in total. The summed E-state index contributed by atoms with van der Waals surface area (Å²) in [5.41, 5.74) is 2.29. The lowest BCUT2D eigenvalue weighted by Gasteiger charge is -1.99. The minimum atomic E-state index is 1.12. The molecule has 0 fully saturated rings. The Hall–Kier alpha value is -1.57. The van der Waals surface area contributed by atoms with Crippen LogP contribution in [0.4, 0.5) is 5.69 Å². The van der Waals surface area contributed by atoms with E-state index in [1.807, 2.05) is 31.3 Å². The molecule has 0 amide bonds. The smallest absolute Gasteiger partial charge is 0.0343 e. The minimum Gasteiger partial charge on any atom is -0.388 e. The van der Waals surface area contributed by atoms with Crippen LogP contribution in [0, 0.1) is 0 Å². The summed E-state index contributed by atoms with van der Waals surface area (Å²) in [5, 5.41) is 3.09. The van der Waals surface area contributed by atoms with Crippen LogP contribution in [0.1, 0.15) is 5.56 Å². The van der Waals surface area contributed by atoms with E-state index < -0.39 is 0 Å². The molecule has 0 heterocycles. The molecular formula is C11H14N2. The number of nitrogens with one attached hydrogen (secondary N) is 1. The summed E-state index contributed by atoms with van der Waals surface area (Å²) in [5.74, 6) is 0. The van der Waals surface area contributed by atoms with Crippen LogP contribution in [-0.2, 0) is 0 Å². The lowest BCUT2D eigenvalue weighted by atomic mass is 10.2. The topological polar surface area (TPSA) is 24.4 Å². The van der Waals surface area contributed by atoms with Crippen LogP contribution in [0.25, 0.3) is 6.08 Å². The van der Waals surface area contributed by atoms with E-state index in [-0.39, 0.29) is 0 Å². The van der Waals surface area contributed by atoms with Crippen LogP contribution in [0.5, 0.6) is 0 Å². The Labute approximate surface area is 79.0 Å². The summed E-state index contributed by atoms with van der Waals surface area (Å²) in [4.78, 5) is 3.87. The summed E-state index contributed by atoms with van der Waals surface area (Å²) in [7, 11) is 3.67. The van der Waals surface area contributed by atoms with E-state index in [1.165, 1.54) is 5.56 Å². The molecule has 13 heavy (non-hydrogen) atoms. The molecular weight excluding hydrogens is 160 g/mol. The molecule has 0 bridgehead atoms. The zero-order chi connectivity index (χ0) is 9.52. The van der Waals surface area contributed by atoms with Gasteiger partial charge in [0.25, 0.3) is 0 Å². The second kappa shape index (κ2) is 5.14. The first kappa shape index (κ1) is 9.52. The van der Waals surface area contributed by atoms with Crippen molar-refractivity contribution in [2.45, 2.75) is 0 Å². The van der Waals surface area contributed by atoms with Crippen molar-refractivity contribution in [3.63, 3.8) is 0 Å². The summed E-state index contributed by atoms with van der Waals surface area (Å²) < 4.78 is 0. The van der Waals surface area contributed by atoms with Crippen LogP contribution in [-0.4, -0.2) is 20.3 Å². The van der Waals surface area contributed by atoms with Gasteiger partial charge in [0.15, 0.2) is 0 Å². The van der Waals surface area contributed by atoms with Gasteiger partial charge in [0.2, 0.25) is 0 Å². The Kier molecular flexibility index (Phi) is 3.76. The van der Waals surface area contributed by atoms with Crippen LogP contribution < -0.4 is 5.32 Å². The lowest BCUT2D eigenvalue weighted by Crippen LogP contribution is -1.86. The standard InChI is InChI=1S/C11H14N2/c1-12-8-4-6-10-5-3-7-11(9-10)13-2/h3-9,13H,1-2H3/b6-4-,12-8?. The van der Waals surface area contributed by atoms with Gasteiger partial charge in [-0.2, -0.15) is 0 Å². The maximum absolute atomic E-state index is 3.87. The number of anilines is 1. The molecule has 0 aliphatic rings. The second-order valence-electron chi connectivity index (χ2n) is 2.64. The van der Waals surface area contributed by atoms with Crippen molar-refractivity contribution >= 4 is 18.0 Å². The van der Waals surface area contributed by atoms with Crippen LogP contribution in [0.3, 0.4) is 0 Å². The molecule has 0 unspecified atom stereocenters. The molecule has 0 aliphatic heterocycles. The molecule has 0 saturated carbocycles. The average Bonchev–Trinajstić information content (AvgIpc) is 2.19. The molecule has 0 spiro atoms. The Morgan fingerprint density at radius 2 is 2.23 bits per heavy atom. The van der Waals surface area contributed by atoms with Gasteiger partial charge < -0.3 is 5.32 Å². The fourth-order valence-corrected chi connectivity index (χ4v) is 1.04. The maximum atomic E-state index is 3.87. The first-order valence-electron chi connectivity index (χ1n) is 4.23. The van der Waals surface area contributed by atoms with E-state index >= 15 is 0 Å².